The first-order valence-corrected chi connectivity index (χ1v) is 10.4. The van der Waals surface area contributed by atoms with Crippen molar-refractivity contribution >= 4 is 33.4 Å². The molecule has 1 heterocycles. The third-order valence-corrected chi connectivity index (χ3v) is 6.64. The van der Waals surface area contributed by atoms with E-state index in [2.05, 4.69) is 12.2 Å². The second kappa shape index (κ2) is 7.92. The van der Waals surface area contributed by atoms with Crippen LogP contribution in [0.2, 0.25) is 0 Å². The average Bonchev–Trinajstić information content (AvgIpc) is 2.29. The molecule has 0 bridgehead atoms. The lowest BCUT2D eigenvalue weighted by Gasteiger charge is -2.30. The van der Waals surface area contributed by atoms with Crippen LogP contribution in [0.15, 0.2) is 0 Å². The highest BCUT2D eigenvalue weighted by Crippen LogP contribution is 2.27. The molecule has 1 N–H and O–H groups in total. The maximum atomic E-state index is 11.3. The summed E-state index contributed by atoms with van der Waals surface area (Å²) in [6.45, 7) is 3.12. The predicted octanol–water partition coefficient (Wildman–Crippen LogP) is 1.64. The van der Waals surface area contributed by atoms with Crippen molar-refractivity contribution in [3.8, 4) is 0 Å². The molecule has 2 unspecified atom stereocenters. The Morgan fingerprint density at radius 1 is 1.41 bits per heavy atom. The monoisotopic (exact) mass is 297 g/mol. The van der Waals surface area contributed by atoms with Crippen LogP contribution >= 0.6 is 23.5 Å². The van der Waals surface area contributed by atoms with Crippen molar-refractivity contribution in [1.29, 1.82) is 0 Å². The first-order valence-electron chi connectivity index (χ1n) is 6.13. The lowest BCUT2D eigenvalue weighted by atomic mass is 10.1. The zero-order valence-corrected chi connectivity index (χ0v) is 13.1. The Balaban J connectivity index is 2.46. The molecule has 1 aliphatic rings. The van der Waals surface area contributed by atoms with Crippen LogP contribution in [0.4, 0.5) is 0 Å². The molecule has 1 fully saturated rings. The van der Waals surface area contributed by atoms with E-state index in [1.807, 2.05) is 23.5 Å². The van der Waals surface area contributed by atoms with Crippen LogP contribution < -0.4 is 5.32 Å². The topological polar surface area (TPSA) is 46.2 Å². The van der Waals surface area contributed by atoms with Crippen molar-refractivity contribution in [2.24, 2.45) is 0 Å². The van der Waals surface area contributed by atoms with Gasteiger partial charge in [-0.15, -0.1) is 0 Å². The number of rotatable bonds is 7. The number of sulfone groups is 1. The minimum Gasteiger partial charge on any atom is -0.313 e. The molecule has 0 aliphatic carbocycles. The van der Waals surface area contributed by atoms with E-state index in [0.29, 0.717) is 17.0 Å². The van der Waals surface area contributed by atoms with Crippen LogP contribution in [0.3, 0.4) is 0 Å². The molecule has 0 radical (unpaired) electrons. The van der Waals surface area contributed by atoms with Gasteiger partial charge in [0.1, 0.15) is 9.84 Å². The van der Waals surface area contributed by atoms with E-state index in [4.69, 9.17) is 0 Å². The summed E-state index contributed by atoms with van der Waals surface area (Å²) in [6, 6.07) is 0.350. The van der Waals surface area contributed by atoms with Gasteiger partial charge in [-0.1, -0.05) is 6.92 Å². The summed E-state index contributed by atoms with van der Waals surface area (Å²) < 4.78 is 22.5. The quantitative estimate of drug-likeness (QED) is 0.774. The molecule has 6 heteroatoms. The van der Waals surface area contributed by atoms with Gasteiger partial charge in [0.15, 0.2) is 0 Å². The highest BCUT2D eigenvalue weighted by Gasteiger charge is 2.24. The van der Waals surface area contributed by atoms with Gasteiger partial charge in [0.2, 0.25) is 0 Å². The third kappa shape index (κ3) is 6.94. The summed E-state index contributed by atoms with van der Waals surface area (Å²) in [7, 11) is -2.84. The van der Waals surface area contributed by atoms with Crippen molar-refractivity contribution in [1.82, 2.24) is 5.32 Å². The van der Waals surface area contributed by atoms with Crippen molar-refractivity contribution in [3.63, 3.8) is 0 Å². The summed E-state index contributed by atoms with van der Waals surface area (Å²) >= 11 is 3.98. The van der Waals surface area contributed by atoms with E-state index in [1.54, 1.807) is 0 Å². The predicted molar refractivity (Wildman–Crippen MR) is 80.0 cm³/mol. The summed E-state index contributed by atoms with van der Waals surface area (Å²) in [5.41, 5.74) is 0. The Bertz CT molecular complexity index is 300. The minimum absolute atomic E-state index is 0.302. The van der Waals surface area contributed by atoms with Gasteiger partial charge in [0.05, 0.1) is 5.75 Å². The highest BCUT2D eigenvalue weighted by molar-refractivity contribution is 8.06. The zero-order chi connectivity index (χ0) is 12.7. The molecule has 0 aromatic carbocycles. The van der Waals surface area contributed by atoms with E-state index in [9.17, 15) is 8.42 Å². The molecule has 102 valence electrons. The Hall–Kier alpha value is 0.610. The summed E-state index contributed by atoms with van der Waals surface area (Å²) in [6.07, 6.45) is 3.17. The second-order valence-electron chi connectivity index (χ2n) is 4.46. The van der Waals surface area contributed by atoms with Crippen LogP contribution in [-0.4, -0.2) is 55.5 Å². The van der Waals surface area contributed by atoms with Crippen LogP contribution in [0.1, 0.15) is 19.8 Å². The number of nitrogens with one attached hydrogen (secondary N) is 1. The maximum absolute atomic E-state index is 11.3. The largest absolute Gasteiger partial charge is 0.313 e. The lowest BCUT2D eigenvalue weighted by molar-refractivity contribution is 0.493. The van der Waals surface area contributed by atoms with Gasteiger partial charge in [-0.2, -0.15) is 23.5 Å². The molecule has 3 nitrogen and oxygen atoms in total. The molecule has 0 saturated carbocycles. The fourth-order valence-electron chi connectivity index (χ4n) is 1.83. The van der Waals surface area contributed by atoms with E-state index in [-0.39, 0.29) is 0 Å². The van der Waals surface area contributed by atoms with Crippen molar-refractivity contribution in [2.75, 3.05) is 35.8 Å². The Morgan fingerprint density at radius 2 is 2.18 bits per heavy atom. The van der Waals surface area contributed by atoms with Crippen molar-refractivity contribution < 1.29 is 8.42 Å². The molecule has 1 saturated heterocycles. The van der Waals surface area contributed by atoms with Crippen LogP contribution in [0, 0.1) is 0 Å². The summed E-state index contributed by atoms with van der Waals surface area (Å²) in [5, 5.41) is 4.08. The van der Waals surface area contributed by atoms with E-state index >= 15 is 0 Å². The number of thioether (sulfide) groups is 2. The zero-order valence-electron chi connectivity index (χ0n) is 10.6. The van der Waals surface area contributed by atoms with Gasteiger partial charge < -0.3 is 5.32 Å². The molecule has 0 aromatic rings. The van der Waals surface area contributed by atoms with Gasteiger partial charge in [-0.3, -0.25) is 0 Å². The summed E-state index contributed by atoms with van der Waals surface area (Å²) in [4.78, 5) is 0. The molecule has 0 spiro atoms. The van der Waals surface area contributed by atoms with Crippen LogP contribution in [0.5, 0.6) is 0 Å². The Kier molecular flexibility index (Phi) is 7.30. The molecule has 2 atom stereocenters. The molecule has 0 amide bonds. The van der Waals surface area contributed by atoms with Crippen molar-refractivity contribution in [3.05, 3.63) is 0 Å². The smallest absolute Gasteiger partial charge is 0.147 e. The normalized spacial score (nSPS) is 23.5. The Labute approximate surface area is 114 Å². The van der Waals surface area contributed by atoms with Crippen LogP contribution in [0.25, 0.3) is 0 Å². The van der Waals surface area contributed by atoms with Gasteiger partial charge in [0, 0.05) is 34.8 Å². The van der Waals surface area contributed by atoms with Gasteiger partial charge in [0.25, 0.3) is 0 Å². The lowest BCUT2D eigenvalue weighted by Crippen LogP contribution is -2.42. The molecular weight excluding hydrogens is 274 g/mol. The molecule has 17 heavy (non-hydrogen) atoms. The molecular formula is C11H23NO2S3. The second-order valence-corrected chi connectivity index (χ2v) is 9.22. The van der Waals surface area contributed by atoms with E-state index in [0.717, 1.165) is 25.1 Å². The Morgan fingerprint density at radius 3 is 2.71 bits per heavy atom. The van der Waals surface area contributed by atoms with Crippen LogP contribution in [-0.2, 0) is 9.84 Å². The number of hydrogen-bond acceptors (Lipinski definition) is 5. The highest BCUT2D eigenvalue weighted by atomic mass is 32.2. The first-order chi connectivity index (χ1) is 8.03. The first kappa shape index (κ1) is 15.7. The number of hydrogen-bond donors (Lipinski definition) is 1. The minimum atomic E-state index is -2.84. The van der Waals surface area contributed by atoms with Gasteiger partial charge in [-0.05, 0) is 19.4 Å². The fourth-order valence-corrected chi connectivity index (χ4v) is 5.44. The summed E-state index contributed by atoms with van der Waals surface area (Å²) in [5.74, 6) is 3.87. The van der Waals surface area contributed by atoms with Gasteiger partial charge >= 0.3 is 0 Å². The van der Waals surface area contributed by atoms with Gasteiger partial charge in [-0.25, -0.2) is 8.42 Å². The third-order valence-electron chi connectivity index (χ3n) is 2.75. The van der Waals surface area contributed by atoms with Crippen molar-refractivity contribution in [2.45, 2.75) is 31.1 Å². The molecule has 0 aromatic heterocycles. The fraction of sp³-hybridized carbons (Fsp3) is 1.00. The van der Waals surface area contributed by atoms with E-state index in [1.165, 1.54) is 17.8 Å². The average molecular weight is 298 g/mol. The standard InChI is InChI=1S/C11H23NO2S3/c1-3-5-12-10(4-8-17(2,13)14)11-9-15-6-7-16-11/h10-12H,3-9H2,1-2H3. The SMILES string of the molecule is CCCNC(CCS(C)(=O)=O)C1CSCCS1. The molecule has 1 rings (SSSR count). The van der Waals surface area contributed by atoms with E-state index < -0.39 is 9.84 Å². The molecule has 1 aliphatic heterocycles. The maximum Gasteiger partial charge on any atom is 0.147 e.